The van der Waals surface area contributed by atoms with Gasteiger partial charge in [0.15, 0.2) is 0 Å². The van der Waals surface area contributed by atoms with Crippen molar-refractivity contribution in [1.29, 1.82) is 0 Å². The van der Waals surface area contributed by atoms with Crippen molar-refractivity contribution >= 4 is 48.0 Å². The van der Waals surface area contributed by atoms with E-state index in [0.717, 1.165) is 28.2 Å². The number of ether oxygens (including phenoxy) is 1. The van der Waals surface area contributed by atoms with E-state index >= 15 is 0 Å². The third kappa shape index (κ3) is 2.75. The summed E-state index contributed by atoms with van der Waals surface area (Å²) < 4.78 is 5.44. The zero-order valence-corrected chi connectivity index (χ0v) is 18.4. The van der Waals surface area contributed by atoms with Gasteiger partial charge >= 0.3 is 0 Å². The van der Waals surface area contributed by atoms with E-state index in [1.807, 2.05) is 49.4 Å². The first-order valence-electron chi connectivity index (χ1n) is 9.11. The van der Waals surface area contributed by atoms with Gasteiger partial charge < -0.3 is 24.2 Å². The Hall–Kier alpha value is -0.800. The Morgan fingerprint density at radius 1 is 0.778 bits per heavy atom. The maximum absolute atomic E-state index is 7.04. The standard InChI is InChI=1S/C20H24B4OS2/c1-13(2)26(21,22)20(27(23,24)14(3)4)16-10-6-7-12-18(16)25-19-15(5)9-8-11-17(19)20/h6-14H,1-5H3. The highest BCUT2D eigenvalue weighted by Crippen LogP contribution is 2.82. The second-order valence-corrected chi connectivity index (χ2v) is 14.2. The molecule has 0 bridgehead atoms. The number of hydrogen-bond acceptors (Lipinski definition) is 1. The van der Waals surface area contributed by atoms with E-state index in [1.54, 1.807) is 0 Å². The van der Waals surface area contributed by atoms with E-state index in [4.69, 9.17) is 33.2 Å². The zero-order chi connectivity index (χ0) is 20.2. The van der Waals surface area contributed by atoms with Crippen LogP contribution in [0.2, 0.25) is 0 Å². The molecule has 0 aliphatic carbocycles. The maximum Gasteiger partial charge on any atom is 0.135 e. The van der Waals surface area contributed by atoms with Crippen LogP contribution in [0.1, 0.15) is 44.4 Å². The van der Waals surface area contributed by atoms with Crippen LogP contribution in [0.5, 0.6) is 11.5 Å². The lowest BCUT2D eigenvalue weighted by Crippen LogP contribution is -2.47. The van der Waals surface area contributed by atoms with Crippen molar-refractivity contribution in [2.45, 2.75) is 49.2 Å². The molecule has 0 N–H and O–H groups in total. The number of aryl methyl sites for hydroxylation is 1. The second kappa shape index (κ2) is 6.91. The van der Waals surface area contributed by atoms with E-state index < -0.39 is 23.5 Å². The summed E-state index contributed by atoms with van der Waals surface area (Å²) >= 11 is 0. The smallest absolute Gasteiger partial charge is 0.135 e. The zero-order valence-electron chi connectivity index (χ0n) is 16.7. The van der Waals surface area contributed by atoms with Crippen LogP contribution >= 0.6 is 19.5 Å². The normalized spacial score (nSPS) is 17.1. The molecule has 2 aromatic carbocycles. The van der Waals surface area contributed by atoms with Gasteiger partial charge in [0.25, 0.3) is 0 Å². The first-order valence-corrected chi connectivity index (χ1v) is 12.8. The van der Waals surface area contributed by atoms with Crippen molar-refractivity contribution < 1.29 is 4.74 Å². The summed E-state index contributed by atoms with van der Waals surface area (Å²) in [4.78, 5) is 0. The van der Waals surface area contributed by atoms with Gasteiger partial charge in [-0.1, -0.05) is 64.1 Å². The molecule has 0 saturated heterocycles. The Morgan fingerprint density at radius 3 is 1.85 bits per heavy atom. The van der Waals surface area contributed by atoms with E-state index in [2.05, 4.69) is 27.7 Å². The molecule has 1 nitrogen and oxygen atoms in total. The van der Waals surface area contributed by atoms with Crippen LogP contribution in [0.3, 0.4) is 0 Å². The van der Waals surface area contributed by atoms with Crippen LogP contribution in [-0.4, -0.2) is 39.0 Å². The van der Waals surface area contributed by atoms with E-state index in [-0.39, 0.29) is 10.5 Å². The fraction of sp³-hybridized carbons (Fsp3) is 0.400. The SMILES string of the molecule is [B]S([B])(C(C)C)C1(S([B])([B])C(C)C)c2ccccc2Oc2c(C)cccc21. The molecule has 1 heterocycles. The number of fused-ring (bicyclic) bond motifs is 2. The largest absolute Gasteiger partial charge is 0.456 e. The van der Waals surface area contributed by atoms with Crippen molar-refractivity contribution in [3.05, 3.63) is 59.2 Å². The maximum atomic E-state index is 7.04. The molecule has 0 amide bonds. The van der Waals surface area contributed by atoms with Crippen LogP contribution in [-0.2, 0) is 4.08 Å². The summed E-state index contributed by atoms with van der Waals surface area (Å²) in [5.74, 6) is 1.51. The lowest BCUT2D eigenvalue weighted by molar-refractivity contribution is 0.451. The minimum atomic E-state index is -2.30. The first kappa shape index (κ1) is 20.9. The fourth-order valence-corrected chi connectivity index (χ4v) is 10.5. The lowest BCUT2D eigenvalue weighted by atomic mass is 9.97. The predicted octanol–water partition coefficient (Wildman–Crippen LogP) is 5.06. The van der Waals surface area contributed by atoms with Crippen molar-refractivity contribution in [1.82, 2.24) is 0 Å². The monoisotopic (exact) mass is 388 g/mol. The summed E-state index contributed by atoms with van der Waals surface area (Å²) in [7, 11) is 23.6. The van der Waals surface area contributed by atoms with Gasteiger partial charge in [0.2, 0.25) is 0 Å². The topological polar surface area (TPSA) is 9.23 Å². The van der Waals surface area contributed by atoms with Crippen LogP contribution in [0.25, 0.3) is 0 Å². The quantitative estimate of drug-likeness (QED) is 0.666. The molecule has 8 radical (unpaired) electrons. The molecule has 0 atom stereocenters. The Morgan fingerprint density at radius 2 is 1.30 bits per heavy atom. The summed E-state index contributed by atoms with van der Waals surface area (Å²) in [5.41, 5.74) is 2.85. The molecule has 0 fully saturated rings. The van der Waals surface area contributed by atoms with E-state index in [0.29, 0.717) is 0 Å². The molecule has 3 rings (SSSR count). The minimum Gasteiger partial charge on any atom is -0.456 e. The van der Waals surface area contributed by atoms with Gasteiger partial charge in [-0.25, -0.2) is 0 Å². The Kier molecular flexibility index (Phi) is 5.36. The molecule has 7 heteroatoms. The number of para-hydroxylation sites is 2. The van der Waals surface area contributed by atoms with Crippen molar-refractivity contribution in [3.63, 3.8) is 0 Å². The highest BCUT2D eigenvalue weighted by molar-refractivity contribution is 8.78. The van der Waals surface area contributed by atoms with E-state index in [9.17, 15) is 0 Å². The van der Waals surface area contributed by atoms with Gasteiger partial charge in [-0.2, -0.15) is 0 Å². The van der Waals surface area contributed by atoms with Gasteiger partial charge in [-0.3, -0.25) is 0 Å². The van der Waals surface area contributed by atoms with Gasteiger partial charge in [-0.15, -0.1) is 0 Å². The van der Waals surface area contributed by atoms with Crippen molar-refractivity contribution in [3.8, 4) is 11.5 Å². The lowest BCUT2D eigenvalue weighted by Gasteiger charge is -2.69. The van der Waals surface area contributed by atoms with Crippen LogP contribution < -0.4 is 4.74 Å². The fourth-order valence-electron chi connectivity index (χ4n) is 3.81. The number of rotatable bonds is 4. The molecule has 0 spiro atoms. The van der Waals surface area contributed by atoms with Crippen molar-refractivity contribution in [2.24, 2.45) is 0 Å². The summed E-state index contributed by atoms with van der Waals surface area (Å²) in [5, 5.41) is 0.0180. The molecular weight excluding hydrogens is 364 g/mol. The van der Waals surface area contributed by atoms with Crippen molar-refractivity contribution in [2.75, 3.05) is 0 Å². The van der Waals surface area contributed by atoms with Gasteiger partial charge in [0, 0.05) is 11.1 Å². The van der Waals surface area contributed by atoms with Gasteiger partial charge in [0.1, 0.15) is 40.0 Å². The summed E-state index contributed by atoms with van der Waals surface area (Å²) in [6.45, 7) is 10.2. The van der Waals surface area contributed by atoms with Gasteiger partial charge in [0.05, 0.1) is 4.08 Å². The molecule has 27 heavy (non-hydrogen) atoms. The van der Waals surface area contributed by atoms with Crippen LogP contribution in [0.15, 0.2) is 42.5 Å². The average molecular weight is 388 g/mol. The van der Waals surface area contributed by atoms with Crippen LogP contribution in [0.4, 0.5) is 0 Å². The Balaban J connectivity index is 2.56. The molecule has 2 aromatic rings. The Bertz CT molecular complexity index is 845. The Labute approximate surface area is 172 Å². The van der Waals surface area contributed by atoms with Gasteiger partial charge in [-0.05, 0) is 29.1 Å². The third-order valence-corrected chi connectivity index (χ3v) is 13.3. The minimum absolute atomic E-state index is 0.00902. The number of hydrogen-bond donors (Lipinski definition) is 0. The number of benzene rings is 2. The molecule has 1 aliphatic heterocycles. The molecule has 0 unspecified atom stereocenters. The van der Waals surface area contributed by atoms with Crippen LogP contribution in [0, 0.1) is 6.92 Å². The molecular formula is C20H24B4OS2. The third-order valence-electron chi connectivity index (χ3n) is 5.58. The molecule has 0 saturated carbocycles. The summed E-state index contributed by atoms with van der Waals surface area (Å²) in [6.07, 6.45) is 0. The van der Waals surface area contributed by atoms with E-state index in [1.165, 1.54) is 0 Å². The average Bonchev–Trinajstić information content (AvgIpc) is 2.59. The highest BCUT2D eigenvalue weighted by Gasteiger charge is 2.56. The molecule has 134 valence electrons. The molecule has 0 aromatic heterocycles. The first-order chi connectivity index (χ1) is 12.5. The predicted molar refractivity (Wildman–Crippen MR) is 127 cm³/mol. The summed E-state index contributed by atoms with van der Waals surface area (Å²) in [6, 6.07) is 14.0. The molecule has 1 aliphatic rings. The second-order valence-electron chi connectivity index (χ2n) is 7.79. The highest BCUT2D eigenvalue weighted by atomic mass is 32.3.